The van der Waals surface area contributed by atoms with Crippen molar-refractivity contribution in [1.82, 2.24) is 4.90 Å². The highest BCUT2D eigenvalue weighted by atomic mass is 19.4. The lowest BCUT2D eigenvalue weighted by atomic mass is 9.64. The maximum absolute atomic E-state index is 13.4. The van der Waals surface area contributed by atoms with Crippen molar-refractivity contribution >= 4 is 0 Å². The number of allylic oxidation sites excluding steroid dienone is 2. The van der Waals surface area contributed by atoms with Crippen molar-refractivity contribution in [3.8, 4) is 0 Å². The SMILES string of the molecule is CC1C=CCC(C)(C(F)(F)F)C1CCN1CCOCC1. The number of halogens is 3. The van der Waals surface area contributed by atoms with Crippen LogP contribution in [0.4, 0.5) is 13.2 Å². The molecule has 0 aromatic heterocycles. The maximum atomic E-state index is 13.4. The van der Waals surface area contributed by atoms with Crippen molar-refractivity contribution in [3.05, 3.63) is 12.2 Å². The van der Waals surface area contributed by atoms with E-state index in [0.717, 1.165) is 19.6 Å². The molecule has 2 nitrogen and oxygen atoms in total. The molecular weight excluding hydrogens is 267 g/mol. The third kappa shape index (κ3) is 3.19. The molecule has 1 fully saturated rings. The van der Waals surface area contributed by atoms with Crippen LogP contribution in [0.25, 0.3) is 0 Å². The third-order valence-electron chi connectivity index (χ3n) is 4.94. The summed E-state index contributed by atoms with van der Waals surface area (Å²) in [4.78, 5) is 2.21. The fourth-order valence-corrected chi connectivity index (χ4v) is 3.45. The Kier molecular flexibility index (Phi) is 4.80. The van der Waals surface area contributed by atoms with Crippen LogP contribution in [0.3, 0.4) is 0 Å². The van der Waals surface area contributed by atoms with Gasteiger partial charge in [0, 0.05) is 13.1 Å². The van der Waals surface area contributed by atoms with Crippen LogP contribution in [0.1, 0.15) is 26.7 Å². The van der Waals surface area contributed by atoms with Gasteiger partial charge in [-0.15, -0.1) is 0 Å². The number of alkyl halides is 3. The highest BCUT2D eigenvalue weighted by molar-refractivity contribution is 5.07. The van der Waals surface area contributed by atoms with Gasteiger partial charge < -0.3 is 4.74 Å². The average molecular weight is 291 g/mol. The fourth-order valence-electron chi connectivity index (χ4n) is 3.45. The molecule has 0 bridgehead atoms. The predicted molar refractivity (Wildman–Crippen MR) is 72.4 cm³/mol. The van der Waals surface area contributed by atoms with Gasteiger partial charge in [-0.2, -0.15) is 13.2 Å². The Morgan fingerprint density at radius 1 is 1.30 bits per heavy atom. The van der Waals surface area contributed by atoms with E-state index in [2.05, 4.69) is 4.90 Å². The van der Waals surface area contributed by atoms with Gasteiger partial charge in [0.25, 0.3) is 0 Å². The van der Waals surface area contributed by atoms with Crippen molar-refractivity contribution in [2.45, 2.75) is 32.9 Å². The van der Waals surface area contributed by atoms with Crippen molar-refractivity contribution in [1.29, 1.82) is 0 Å². The maximum Gasteiger partial charge on any atom is 0.394 e. The molecule has 1 heterocycles. The second kappa shape index (κ2) is 6.06. The minimum Gasteiger partial charge on any atom is -0.379 e. The smallest absolute Gasteiger partial charge is 0.379 e. The number of hydrogen-bond acceptors (Lipinski definition) is 2. The Morgan fingerprint density at radius 2 is 1.95 bits per heavy atom. The summed E-state index contributed by atoms with van der Waals surface area (Å²) in [6.07, 6.45) is 0.207. The Bertz CT molecular complexity index is 350. The first-order chi connectivity index (χ1) is 9.34. The van der Waals surface area contributed by atoms with Gasteiger partial charge in [0.15, 0.2) is 0 Å². The zero-order valence-corrected chi connectivity index (χ0v) is 12.2. The molecule has 0 N–H and O–H groups in total. The first kappa shape index (κ1) is 15.8. The molecule has 20 heavy (non-hydrogen) atoms. The van der Waals surface area contributed by atoms with Crippen LogP contribution in [0, 0.1) is 17.3 Å². The molecule has 1 saturated heterocycles. The minimum absolute atomic E-state index is 0.0172. The van der Waals surface area contributed by atoms with Crippen LogP contribution >= 0.6 is 0 Å². The van der Waals surface area contributed by atoms with E-state index in [1.807, 2.05) is 13.0 Å². The van der Waals surface area contributed by atoms with Crippen LogP contribution in [-0.2, 0) is 4.74 Å². The molecule has 0 spiro atoms. The molecular formula is C15H24F3NO. The van der Waals surface area contributed by atoms with Crippen LogP contribution in [-0.4, -0.2) is 43.9 Å². The number of nitrogens with zero attached hydrogens (tertiary/aromatic N) is 1. The standard InChI is InChI=1S/C15H24F3NO/c1-12-4-3-6-14(2,15(16,17)18)13(12)5-7-19-8-10-20-11-9-19/h3-4,12-13H,5-11H2,1-2H3. The van der Waals surface area contributed by atoms with Gasteiger partial charge in [0.1, 0.15) is 0 Å². The molecule has 0 aromatic carbocycles. The number of morpholine rings is 1. The largest absolute Gasteiger partial charge is 0.394 e. The summed E-state index contributed by atoms with van der Waals surface area (Å²) in [6, 6.07) is 0. The van der Waals surface area contributed by atoms with Gasteiger partial charge in [0.05, 0.1) is 18.6 Å². The number of rotatable bonds is 3. The summed E-state index contributed by atoms with van der Waals surface area (Å²) < 4.78 is 45.6. The third-order valence-corrected chi connectivity index (χ3v) is 4.94. The Balaban J connectivity index is 2.03. The van der Waals surface area contributed by atoms with E-state index in [-0.39, 0.29) is 18.3 Å². The summed E-state index contributed by atoms with van der Waals surface area (Å²) in [5, 5.41) is 0. The number of hydrogen-bond donors (Lipinski definition) is 0. The zero-order valence-electron chi connectivity index (χ0n) is 12.2. The molecule has 2 rings (SSSR count). The van der Waals surface area contributed by atoms with Gasteiger partial charge in [-0.3, -0.25) is 4.90 Å². The normalized spacial score (nSPS) is 36.2. The van der Waals surface area contributed by atoms with Crippen LogP contribution in [0.2, 0.25) is 0 Å². The van der Waals surface area contributed by atoms with Crippen molar-refractivity contribution in [2.75, 3.05) is 32.8 Å². The van der Waals surface area contributed by atoms with Gasteiger partial charge >= 0.3 is 6.18 Å². The summed E-state index contributed by atoms with van der Waals surface area (Å²) in [5.41, 5.74) is -1.59. The van der Waals surface area contributed by atoms with Gasteiger partial charge in [0.2, 0.25) is 0 Å². The van der Waals surface area contributed by atoms with Gasteiger partial charge in [-0.1, -0.05) is 26.0 Å². The molecule has 0 radical (unpaired) electrons. The first-order valence-electron chi connectivity index (χ1n) is 7.38. The molecule has 0 aromatic rings. The second-order valence-corrected chi connectivity index (χ2v) is 6.26. The molecule has 3 atom stereocenters. The van der Waals surface area contributed by atoms with Crippen molar-refractivity contribution < 1.29 is 17.9 Å². The minimum atomic E-state index is -4.14. The monoisotopic (exact) mass is 291 g/mol. The van der Waals surface area contributed by atoms with Gasteiger partial charge in [-0.25, -0.2) is 0 Å². The fraction of sp³-hybridized carbons (Fsp3) is 0.867. The highest BCUT2D eigenvalue weighted by Crippen LogP contribution is 2.53. The second-order valence-electron chi connectivity index (χ2n) is 6.26. The summed E-state index contributed by atoms with van der Waals surface area (Å²) >= 11 is 0. The van der Waals surface area contributed by atoms with Crippen molar-refractivity contribution in [3.63, 3.8) is 0 Å². The topological polar surface area (TPSA) is 12.5 Å². The Labute approximate surface area is 119 Å². The first-order valence-corrected chi connectivity index (χ1v) is 7.38. The van der Waals surface area contributed by atoms with E-state index in [4.69, 9.17) is 4.74 Å². The van der Waals surface area contributed by atoms with Crippen molar-refractivity contribution in [2.24, 2.45) is 17.3 Å². The van der Waals surface area contributed by atoms with Crippen LogP contribution in [0.5, 0.6) is 0 Å². The Hall–Kier alpha value is -0.550. The average Bonchev–Trinajstić information content (AvgIpc) is 2.38. The van der Waals surface area contributed by atoms with E-state index in [1.165, 1.54) is 6.92 Å². The lowest BCUT2D eigenvalue weighted by molar-refractivity contribution is -0.242. The Morgan fingerprint density at radius 3 is 2.55 bits per heavy atom. The van der Waals surface area contributed by atoms with Crippen LogP contribution < -0.4 is 0 Å². The molecule has 3 unspecified atom stereocenters. The number of ether oxygens (including phenoxy) is 1. The van der Waals surface area contributed by atoms with E-state index in [0.29, 0.717) is 19.6 Å². The zero-order chi connectivity index (χ0) is 14.8. The van der Waals surface area contributed by atoms with E-state index in [1.54, 1.807) is 6.08 Å². The molecule has 2 aliphatic rings. The molecule has 0 amide bonds. The molecule has 5 heteroatoms. The quantitative estimate of drug-likeness (QED) is 0.738. The summed E-state index contributed by atoms with van der Waals surface area (Å²) in [5.74, 6) is -0.355. The summed E-state index contributed by atoms with van der Waals surface area (Å²) in [7, 11) is 0. The summed E-state index contributed by atoms with van der Waals surface area (Å²) in [6.45, 7) is 7.07. The van der Waals surface area contributed by atoms with E-state index < -0.39 is 11.6 Å². The lowest BCUT2D eigenvalue weighted by Crippen LogP contribution is -2.47. The molecule has 1 aliphatic heterocycles. The molecule has 0 saturated carbocycles. The van der Waals surface area contributed by atoms with E-state index >= 15 is 0 Å². The van der Waals surface area contributed by atoms with E-state index in [9.17, 15) is 13.2 Å². The van der Waals surface area contributed by atoms with Crippen LogP contribution in [0.15, 0.2) is 12.2 Å². The highest BCUT2D eigenvalue weighted by Gasteiger charge is 2.56. The molecule has 116 valence electrons. The van der Waals surface area contributed by atoms with Gasteiger partial charge in [-0.05, 0) is 31.2 Å². The lowest BCUT2D eigenvalue weighted by Gasteiger charge is -2.44. The molecule has 1 aliphatic carbocycles. The predicted octanol–water partition coefficient (Wildman–Crippen LogP) is 3.49.